The number of aromatic nitrogens is 4. The average molecular weight is 296 g/mol. The van der Waals surface area contributed by atoms with Crippen LogP contribution in [0.15, 0.2) is 0 Å². The van der Waals surface area contributed by atoms with Crippen LogP contribution in [-0.4, -0.2) is 55.4 Å². The maximum absolute atomic E-state index is 12.3. The Morgan fingerprint density at radius 1 is 1.43 bits per heavy atom. The summed E-state index contributed by atoms with van der Waals surface area (Å²) in [5, 5.41) is 24.3. The van der Waals surface area contributed by atoms with Crippen molar-refractivity contribution in [1.29, 1.82) is 0 Å². The van der Waals surface area contributed by atoms with Crippen molar-refractivity contribution in [3.05, 3.63) is 5.82 Å². The van der Waals surface area contributed by atoms with Gasteiger partial charge in [0.25, 0.3) is 0 Å². The number of nitrogens with one attached hydrogen (secondary N) is 1. The lowest BCUT2D eigenvalue weighted by Crippen LogP contribution is -2.46. The summed E-state index contributed by atoms with van der Waals surface area (Å²) in [6.45, 7) is 8.41. The lowest BCUT2D eigenvalue weighted by molar-refractivity contribution is 0.132. The number of aliphatic hydroxyl groups is 1. The minimum Gasteiger partial charge on any atom is -0.394 e. The van der Waals surface area contributed by atoms with Crippen LogP contribution in [0, 0.1) is 0 Å². The van der Waals surface area contributed by atoms with Gasteiger partial charge in [-0.2, -0.15) is 0 Å². The molecule has 2 amide bonds. The third-order valence-electron chi connectivity index (χ3n) is 3.70. The molecule has 0 spiro atoms. The van der Waals surface area contributed by atoms with Crippen molar-refractivity contribution in [1.82, 2.24) is 30.4 Å². The van der Waals surface area contributed by atoms with Crippen molar-refractivity contribution in [2.75, 3.05) is 13.2 Å². The van der Waals surface area contributed by atoms with E-state index >= 15 is 0 Å². The smallest absolute Gasteiger partial charge is 0.318 e. The van der Waals surface area contributed by atoms with Gasteiger partial charge in [-0.25, -0.2) is 9.48 Å². The molecule has 8 nitrogen and oxygen atoms in total. The molecule has 2 heterocycles. The summed E-state index contributed by atoms with van der Waals surface area (Å²) < 4.78 is 1.75. The monoisotopic (exact) mass is 296 g/mol. The highest BCUT2D eigenvalue weighted by molar-refractivity contribution is 5.75. The number of carbonyl (C=O) groups excluding carboxylic acids is 1. The molecule has 8 heteroatoms. The van der Waals surface area contributed by atoms with Crippen molar-refractivity contribution in [2.24, 2.45) is 0 Å². The Kier molecular flexibility index (Phi) is 4.46. The molecule has 1 aromatic heterocycles. The van der Waals surface area contributed by atoms with Gasteiger partial charge >= 0.3 is 6.03 Å². The number of urea groups is 1. The van der Waals surface area contributed by atoms with Gasteiger partial charge in [-0.15, -0.1) is 5.10 Å². The number of carbonyl (C=O) groups is 1. The van der Waals surface area contributed by atoms with E-state index in [-0.39, 0.29) is 30.3 Å². The highest BCUT2D eigenvalue weighted by Crippen LogP contribution is 2.36. The van der Waals surface area contributed by atoms with Crippen molar-refractivity contribution < 1.29 is 9.90 Å². The summed E-state index contributed by atoms with van der Waals surface area (Å²) in [6, 6.07) is -0.572. The van der Waals surface area contributed by atoms with Gasteiger partial charge in [0.2, 0.25) is 0 Å². The highest BCUT2D eigenvalue weighted by Gasteiger charge is 2.41. The Morgan fingerprint density at radius 2 is 2.14 bits per heavy atom. The molecule has 1 saturated heterocycles. The summed E-state index contributed by atoms with van der Waals surface area (Å²) >= 11 is 0. The first-order valence-corrected chi connectivity index (χ1v) is 7.36. The molecule has 0 unspecified atom stereocenters. The highest BCUT2D eigenvalue weighted by atomic mass is 16.3. The molecule has 1 aliphatic rings. The van der Waals surface area contributed by atoms with E-state index in [0.717, 1.165) is 12.8 Å². The van der Waals surface area contributed by atoms with Crippen LogP contribution in [0.3, 0.4) is 0 Å². The standard InChI is InChI=1S/C13H24N6O2/c1-5-14-12(21)18-9(8-20)6-7-10(18)11-15-16-17-19(11)13(2,3)4/h9-10,20H,5-8H2,1-4H3,(H,14,21)/t9-,10-/m0/s1. The predicted octanol–water partition coefficient (Wildman–Crippen LogP) is 0.655. The summed E-state index contributed by atoms with van der Waals surface area (Å²) in [6.07, 6.45) is 1.49. The number of amides is 2. The number of nitrogens with zero attached hydrogens (tertiary/aromatic N) is 5. The zero-order valence-electron chi connectivity index (χ0n) is 13.1. The molecule has 1 aliphatic heterocycles. The second-order valence-corrected chi connectivity index (χ2v) is 6.29. The van der Waals surface area contributed by atoms with Gasteiger partial charge in [-0.1, -0.05) is 0 Å². The average Bonchev–Trinajstić information content (AvgIpc) is 3.04. The Balaban J connectivity index is 2.34. The van der Waals surface area contributed by atoms with Crippen LogP contribution in [0.25, 0.3) is 0 Å². The van der Waals surface area contributed by atoms with E-state index in [2.05, 4.69) is 20.8 Å². The van der Waals surface area contributed by atoms with Gasteiger partial charge in [-0.05, 0) is 51.0 Å². The number of tetrazole rings is 1. The SMILES string of the molecule is CCNC(=O)N1[C@H](CO)CC[C@H]1c1nnnn1C(C)(C)C. The van der Waals surface area contributed by atoms with Crippen LogP contribution in [0.2, 0.25) is 0 Å². The molecular formula is C13H24N6O2. The van der Waals surface area contributed by atoms with E-state index in [9.17, 15) is 9.90 Å². The van der Waals surface area contributed by atoms with Crippen molar-refractivity contribution >= 4 is 6.03 Å². The lowest BCUT2D eigenvalue weighted by atomic mass is 10.1. The maximum atomic E-state index is 12.3. The molecule has 2 rings (SSSR count). The summed E-state index contributed by atoms with van der Waals surface area (Å²) in [5.41, 5.74) is -0.261. The largest absolute Gasteiger partial charge is 0.394 e. The van der Waals surface area contributed by atoms with Gasteiger partial charge in [0.15, 0.2) is 5.82 Å². The van der Waals surface area contributed by atoms with Gasteiger partial charge in [0.05, 0.1) is 24.2 Å². The summed E-state index contributed by atoms with van der Waals surface area (Å²) in [5.74, 6) is 0.671. The minimum atomic E-state index is -0.261. The molecule has 21 heavy (non-hydrogen) atoms. The summed E-state index contributed by atoms with van der Waals surface area (Å²) in [4.78, 5) is 14.0. The van der Waals surface area contributed by atoms with Crippen LogP contribution >= 0.6 is 0 Å². The van der Waals surface area contributed by atoms with E-state index in [1.807, 2.05) is 27.7 Å². The van der Waals surface area contributed by atoms with Crippen molar-refractivity contribution in [2.45, 2.75) is 58.2 Å². The second-order valence-electron chi connectivity index (χ2n) is 6.29. The third-order valence-corrected chi connectivity index (χ3v) is 3.70. The second kappa shape index (κ2) is 5.97. The fourth-order valence-electron chi connectivity index (χ4n) is 2.75. The fraction of sp³-hybridized carbons (Fsp3) is 0.846. The first-order valence-electron chi connectivity index (χ1n) is 7.36. The minimum absolute atomic E-state index is 0.0509. The van der Waals surface area contributed by atoms with Gasteiger partial charge in [-0.3, -0.25) is 0 Å². The molecule has 0 aliphatic carbocycles. The number of hydrogen-bond acceptors (Lipinski definition) is 5. The van der Waals surface area contributed by atoms with Gasteiger partial charge in [0, 0.05) is 6.54 Å². The van der Waals surface area contributed by atoms with Crippen LogP contribution in [0.5, 0.6) is 0 Å². The molecule has 1 fully saturated rings. The van der Waals surface area contributed by atoms with E-state index in [0.29, 0.717) is 12.4 Å². The Morgan fingerprint density at radius 3 is 2.71 bits per heavy atom. The van der Waals surface area contributed by atoms with E-state index < -0.39 is 0 Å². The van der Waals surface area contributed by atoms with E-state index in [1.165, 1.54) is 0 Å². The normalized spacial score (nSPS) is 22.6. The first-order chi connectivity index (χ1) is 9.90. The Labute approximate surface area is 124 Å². The van der Waals surface area contributed by atoms with Gasteiger partial charge in [0.1, 0.15) is 0 Å². The number of rotatable bonds is 3. The molecule has 0 radical (unpaired) electrons. The molecule has 2 atom stereocenters. The van der Waals surface area contributed by atoms with Crippen molar-refractivity contribution in [3.63, 3.8) is 0 Å². The number of hydrogen-bond donors (Lipinski definition) is 2. The Bertz CT molecular complexity index is 495. The molecule has 0 bridgehead atoms. The van der Waals surface area contributed by atoms with Crippen LogP contribution in [0.4, 0.5) is 4.79 Å². The fourth-order valence-corrected chi connectivity index (χ4v) is 2.75. The quantitative estimate of drug-likeness (QED) is 0.854. The number of likely N-dealkylation sites (tertiary alicyclic amines) is 1. The molecule has 2 N–H and O–H groups in total. The van der Waals surface area contributed by atoms with E-state index in [4.69, 9.17) is 0 Å². The predicted molar refractivity (Wildman–Crippen MR) is 76.6 cm³/mol. The zero-order valence-corrected chi connectivity index (χ0v) is 13.1. The molecule has 0 saturated carbocycles. The lowest BCUT2D eigenvalue weighted by Gasteiger charge is -2.30. The number of aliphatic hydroxyl groups excluding tert-OH is 1. The van der Waals surface area contributed by atoms with E-state index in [1.54, 1.807) is 9.58 Å². The molecule has 0 aromatic carbocycles. The summed E-state index contributed by atoms with van der Waals surface area (Å²) in [7, 11) is 0. The van der Waals surface area contributed by atoms with Gasteiger partial charge < -0.3 is 15.3 Å². The van der Waals surface area contributed by atoms with Crippen LogP contribution in [0.1, 0.15) is 52.4 Å². The molecule has 118 valence electrons. The Hall–Kier alpha value is -1.70. The van der Waals surface area contributed by atoms with Crippen LogP contribution < -0.4 is 5.32 Å². The first kappa shape index (κ1) is 15.7. The third kappa shape index (κ3) is 2.99. The van der Waals surface area contributed by atoms with Crippen molar-refractivity contribution in [3.8, 4) is 0 Å². The maximum Gasteiger partial charge on any atom is 0.318 e. The molecule has 1 aromatic rings. The molecular weight excluding hydrogens is 272 g/mol. The topological polar surface area (TPSA) is 96.2 Å². The van der Waals surface area contributed by atoms with Crippen LogP contribution in [-0.2, 0) is 5.54 Å². The zero-order chi connectivity index (χ0) is 15.6.